The van der Waals surface area contributed by atoms with Crippen LogP contribution in [0.15, 0.2) is 17.8 Å². The molecule has 0 aromatic carbocycles. The van der Waals surface area contributed by atoms with Crippen molar-refractivity contribution >= 4 is 11.3 Å². The molecule has 0 unspecified atom stereocenters. The van der Waals surface area contributed by atoms with Crippen LogP contribution < -0.4 is 0 Å². The van der Waals surface area contributed by atoms with Gasteiger partial charge in [0.25, 0.3) is 0 Å². The van der Waals surface area contributed by atoms with Crippen LogP contribution in [0.1, 0.15) is 29.5 Å². The molecule has 0 N–H and O–H groups in total. The van der Waals surface area contributed by atoms with E-state index in [1.165, 1.54) is 5.69 Å². The number of hydrogen-bond donors (Lipinski definition) is 0. The first-order valence-electron chi connectivity index (χ1n) is 5.66. The maximum absolute atomic E-state index is 4.36. The van der Waals surface area contributed by atoms with Gasteiger partial charge in [0, 0.05) is 31.4 Å². The minimum Gasteiger partial charge on any atom is -0.334 e. The Morgan fingerprint density at radius 1 is 1.47 bits per heavy atom. The summed E-state index contributed by atoms with van der Waals surface area (Å²) in [6.07, 6.45) is 3.80. The van der Waals surface area contributed by atoms with Crippen molar-refractivity contribution < 1.29 is 0 Å². The molecular formula is C12H18N4S. The summed E-state index contributed by atoms with van der Waals surface area (Å²) in [5, 5.41) is 3.18. The third-order valence-electron chi connectivity index (χ3n) is 3.20. The molecule has 0 fully saturated rings. The minimum atomic E-state index is 0.338. The Bertz CT molecular complexity index is 475. The first-order valence-corrected chi connectivity index (χ1v) is 6.54. The van der Waals surface area contributed by atoms with Crippen molar-refractivity contribution in [2.24, 2.45) is 7.05 Å². The number of aromatic nitrogens is 3. The lowest BCUT2D eigenvalue weighted by Crippen LogP contribution is -2.23. The van der Waals surface area contributed by atoms with Crippen molar-refractivity contribution in [3.63, 3.8) is 0 Å². The number of hydrogen-bond acceptors (Lipinski definition) is 4. The summed E-state index contributed by atoms with van der Waals surface area (Å²) < 4.78 is 2.13. The molecule has 0 radical (unpaired) electrons. The zero-order valence-corrected chi connectivity index (χ0v) is 11.5. The fourth-order valence-corrected chi connectivity index (χ4v) is 2.48. The molecule has 5 heteroatoms. The van der Waals surface area contributed by atoms with Crippen LogP contribution in [0, 0.1) is 6.92 Å². The van der Waals surface area contributed by atoms with Gasteiger partial charge >= 0.3 is 0 Å². The third-order valence-corrected chi connectivity index (χ3v) is 4.14. The summed E-state index contributed by atoms with van der Waals surface area (Å²) in [7, 11) is 4.17. The fourth-order valence-electron chi connectivity index (χ4n) is 1.72. The summed E-state index contributed by atoms with van der Waals surface area (Å²) in [5.74, 6) is 1.05. The average Bonchev–Trinajstić information content (AvgIpc) is 2.93. The van der Waals surface area contributed by atoms with Gasteiger partial charge in [0.2, 0.25) is 0 Å². The van der Waals surface area contributed by atoms with E-state index in [1.807, 2.05) is 24.7 Å². The molecule has 0 aliphatic carbocycles. The number of imidazole rings is 1. The first kappa shape index (κ1) is 12.3. The molecule has 4 nitrogen and oxygen atoms in total. The highest BCUT2D eigenvalue weighted by Gasteiger charge is 2.15. The standard InChI is InChI=1S/C12H18N4S/c1-9(12-13-5-6-17-12)15(3)8-11-7-14-10(2)16(11)4/h5-7,9H,8H2,1-4H3/t9-/m0/s1. The SMILES string of the molecule is Cc1ncc(CN(C)[C@@H](C)c2nccs2)n1C. The van der Waals surface area contributed by atoms with E-state index >= 15 is 0 Å². The smallest absolute Gasteiger partial charge is 0.109 e. The van der Waals surface area contributed by atoms with E-state index in [1.54, 1.807) is 11.3 Å². The Labute approximate surface area is 106 Å². The van der Waals surface area contributed by atoms with E-state index in [0.717, 1.165) is 17.4 Å². The highest BCUT2D eigenvalue weighted by Crippen LogP contribution is 2.22. The Kier molecular flexibility index (Phi) is 3.59. The Hall–Kier alpha value is -1.20. The molecule has 0 amide bonds. The predicted molar refractivity (Wildman–Crippen MR) is 69.9 cm³/mol. The van der Waals surface area contributed by atoms with E-state index in [4.69, 9.17) is 0 Å². The van der Waals surface area contributed by atoms with Crippen LogP contribution in [0.3, 0.4) is 0 Å². The lowest BCUT2D eigenvalue weighted by molar-refractivity contribution is 0.247. The maximum Gasteiger partial charge on any atom is 0.109 e. The van der Waals surface area contributed by atoms with Gasteiger partial charge in [-0.25, -0.2) is 9.97 Å². The Morgan fingerprint density at radius 2 is 2.24 bits per heavy atom. The van der Waals surface area contributed by atoms with Crippen molar-refractivity contribution in [1.82, 2.24) is 19.4 Å². The molecular weight excluding hydrogens is 232 g/mol. The van der Waals surface area contributed by atoms with E-state index in [2.05, 4.69) is 40.5 Å². The molecule has 1 atom stereocenters. The zero-order chi connectivity index (χ0) is 12.4. The van der Waals surface area contributed by atoms with Crippen LogP contribution in [0.2, 0.25) is 0 Å². The van der Waals surface area contributed by atoms with Gasteiger partial charge in [-0.2, -0.15) is 0 Å². The van der Waals surface area contributed by atoms with Gasteiger partial charge in [0.1, 0.15) is 10.8 Å². The topological polar surface area (TPSA) is 34.0 Å². The summed E-state index contributed by atoms with van der Waals surface area (Å²) >= 11 is 1.70. The molecule has 2 rings (SSSR count). The molecule has 17 heavy (non-hydrogen) atoms. The molecule has 92 valence electrons. The van der Waals surface area contributed by atoms with Gasteiger partial charge < -0.3 is 4.57 Å². The van der Waals surface area contributed by atoms with Gasteiger partial charge in [0.15, 0.2) is 0 Å². The second kappa shape index (κ2) is 4.98. The summed E-state index contributed by atoms with van der Waals surface area (Å²) in [6, 6.07) is 0.338. The van der Waals surface area contributed by atoms with Crippen LogP contribution in [-0.4, -0.2) is 26.5 Å². The minimum absolute atomic E-state index is 0.338. The lowest BCUT2D eigenvalue weighted by Gasteiger charge is -2.22. The second-order valence-electron chi connectivity index (χ2n) is 4.32. The molecule has 0 aliphatic heterocycles. The van der Waals surface area contributed by atoms with E-state index in [0.29, 0.717) is 6.04 Å². The number of nitrogens with zero attached hydrogens (tertiary/aromatic N) is 4. The van der Waals surface area contributed by atoms with Crippen molar-refractivity contribution in [2.75, 3.05) is 7.05 Å². The third kappa shape index (κ3) is 2.56. The molecule has 0 aliphatic rings. The monoisotopic (exact) mass is 250 g/mol. The number of rotatable bonds is 4. The Balaban J connectivity index is 2.07. The maximum atomic E-state index is 4.36. The molecule has 0 saturated carbocycles. The van der Waals surface area contributed by atoms with Gasteiger partial charge in [-0.3, -0.25) is 4.90 Å². The van der Waals surface area contributed by atoms with Gasteiger partial charge in [-0.15, -0.1) is 11.3 Å². The first-order chi connectivity index (χ1) is 8.09. The van der Waals surface area contributed by atoms with Crippen molar-refractivity contribution in [1.29, 1.82) is 0 Å². The number of aryl methyl sites for hydroxylation is 1. The van der Waals surface area contributed by atoms with Crippen LogP contribution in [0.4, 0.5) is 0 Å². The summed E-state index contributed by atoms with van der Waals surface area (Å²) in [4.78, 5) is 11.0. The largest absolute Gasteiger partial charge is 0.334 e. The van der Waals surface area contributed by atoms with Crippen LogP contribution in [0.5, 0.6) is 0 Å². The predicted octanol–water partition coefficient (Wildman–Crippen LogP) is 2.38. The zero-order valence-electron chi connectivity index (χ0n) is 10.7. The van der Waals surface area contributed by atoms with Crippen molar-refractivity contribution in [3.8, 4) is 0 Å². The quantitative estimate of drug-likeness (QED) is 0.835. The number of thiazole rings is 1. The van der Waals surface area contributed by atoms with Gasteiger partial charge in [-0.05, 0) is 20.9 Å². The van der Waals surface area contributed by atoms with Crippen molar-refractivity contribution in [2.45, 2.75) is 26.4 Å². The summed E-state index contributed by atoms with van der Waals surface area (Å²) in [5.41, 5.74) is 1.23. The molecule has 2 heterocycles. The van der Waals surface area contributed by atoms with Crippen LogP contribution in [0.25, 0.3) is 0 Å². The van der Waals surface area contributed by atoms with Crippen LogP contribution in [-0.2, 0) is 13.6 Å². The highest BCUT2D eigenvalue weighted by molar-refractivity contribution is 7.09. The fraction of sp³-hybridized carbons (Fsp3) is 0.500. The second-order valence-corrected chi connectivity index (χ2v) is 5.24. The average molecular weight is 250 g/mol. The normalized spacial score (nSPS) is 13.2. The van der Waals surface area contributed by atoms with E-state index in [-0.39, 0.29) is 0 Å². The van der Waals surface area contributed by atoms with Crippen LogP contribution >= 0.6 is 11.3 Å². The summed E-state index contributed by atoms with van der Waals surface area (Å²) in [6.45, 7) is 5.09. The molecule has 2 aromatic heterocycles. The molecule has 0 spiro atoms. The van der Waals surface area contributed by atoms with Gasteiger partial charge in [-0.1, -0.05) is 0 Å². The van der Waals surface area contributed by atoms with Gasteiger partial charge in [0.05, 0.1) is 11.7 Å². The molecule has 0 bridgehead atoms. The highest BCUT2D eigenvalue weighted by atomic mass is 32.1. The van der Waals surface area contributed by atoms with E-state index < -0.39 is 0 Å². The Morgan fingerprint density at radius 3 is 2.76 bits per heavy atom. The molecule has 2 aromatic rings. The molecule has 0 saturated heterocycles. The lowest BCUT2D eigenvalue weighted by atomic mass is 10.3. The van der Waals surface area contributed by atoms with Crippen molar-refractivity contribution in [3.05, 3.63) is 34.3 Å². The van der Waals surface area contributed by atoms with E-state index in [9.17, 15) is 0 Å².